The molecule has 0 saturated carbocycles. The van der Waals surface area contributed by atoms with Crippen LogP contribution in [0, 0.1) is 17.0 Å². The van der Waals surface area contributed by atoms with E-state index in [0.717, 1.165) is 22.2 Å². The van der Waals surface area contributed by atoms with Crippen LogP contribution in [0.1, 0.15) is 16.7 Å². The standard InChI is InChI=1S/C19H17N3O3/c1-12-6-5-8-15-17(12)14(10-20-15)19(11-22(24)25)13-7-3-4-9-16(13)21(2)18(19)23/h3-10,20H,11H2,1-2H3/t19-/m1/s1. The Bertz CT molecular complexity index is 1020. The summed E-state index contributed by atoms with van der Waals surface area (Å²) >= 11 is 0. The highest BCUT2D eigenvalue weighted by molar-refractivity contribution is 6.12. The van der Waals surface area contributed by atoms with Gasteiger partial charge in [-0.05, 0) is 24.6 Å². The van der Waals surface area contributed by atoms with E-state index in [9.17, 15) is 14.9 Å². The molecule has 1 aliphatic heterocycles. The average molecular weight is 335 g/mol. The molecule has 6 heteroatoms. The van der Waals surface area contributed by atoms with Crippen molar-refractivity contribution in [2.75, 3.05) is 18.5 Å². The molecular formula is C19H17N3O3. The summed E-state index contributed by atoms with van der Waals surface area (Å²) in [4.78, 5) is 29.1. The van der Waals surface area contributed by atoms with E-state index in [1.807, 2.05) is 49.4 Å². The monoisotopic (exact) mass is 335 g/mol. The second-order valence-corrected chi connectivity index (χ2v) is 6.48. The third kappa shape index (κ3) is 1.94. The number of benzene rings is 2. The van der Waals surface area contributed by atoms with Crippen molar-refractivity contribution in [3.8, 4) is 0 Å². The molecule has 1 aliphatic rings. The van der Waals surface area contributed by atoms with Crippen LogP contribution < -0.4 is 4.90 Å². The van der Waals surface area contributed by atoms with E-state index in [0.29, 0.717) is 11.1 Å². The molecule has 1 atom stereocenters. The van der Waals surface area contributed by atoms with Gasteiger partial charge in [-0.1, -0.05) is 30.3 Å². The van der Waals surface area contributed by atoms with Crippen molar-refractivity contribution >= 4 is 22.5 Å². The van der Waals surface area contributed by atoms with Gasteiger partial charge in [-0.25, -0.2) is 0 Å². The fourth-order valence-corrected chi connectivity index (χ4v) is 4.03. The molecule has 0 aliphatic carbocycles. The van der Waals surface area contributed by atoms with Gasteiger partial charge < -0.3 is 9.88 Å². The number of hydrogen-bond acceptors (Lipinski definition) is 3. The summed E-state index contributed by atoms with van der Waals surface area (Å²) < 4.78 is 0. The number of carbonyl (C=O) groups is 1. The number of likely N-dealkylation sites (N-methyl/N-ethyl adjacent to an activating group) is 1. The zero-order valence-electron chi connectivity index (χ0n) is 13.9. The van der Waals surface area contributed by atoms with Crippen LogP contribution in [0.15, 0.2) is 48.7 Å². The van der Waals surface area contributed by atoms with Gasteiger partial charge >= 0.3 is 0 Å². The average Bonchev–Trinajstić information content (AvgIpc) is 3.11. The molecule has 25 heavy (non-hydrogen) atoms. The van der Waals surface area contributed by atoms with E-state index < -0.39 is 16.9 Å². The first kappa shape index (κ1) is 15.4. The second kappa shape index (κ2) is 5.17. The number of nitro groups is 1. The first-order chi connectivity index (χ1) is 12.0. The molecule has 2 heterocycles. The fourth-order valence-electron chi connectivity index (χ4n) is 4.03. The molecule has 0 unspecified atom stereocenters. The van der Waals surface area contributed by atoms with Gasteiger partial charge in [-0.15, -0.1) is 0 Å². The van der Waals surface area contributed by atoms with Crippen molar-refractivity contribution in [3.63, 3.8) is 0 Å². The van der Waals surface area contributed by atoms with Gasteiger partial charge in [0, 0.05) is 45.9 Å². The molecule has 1 amide bonds. The zero-order valence-corrected chi connectivity index (χ0v) is 13.9. The minimum Gasteiger partial charge on any atom is -0.361 e. The van der Waals surface area contributed by atoms with Crippen molar-refractivity contribution in [3.05, 3.63) is 75.5 Å². The summed E-state index contributed by atoms with van der Waals surface area (Å²) in [5, 5.41) is 12.4. The molecule has 3 aromatic rings. The van der Waals surface area contributed by atoms with E-state index in [-0.39, 0.29) is 5.91 Å². The Hall–Kier alpha value is -3.15. The van der Waals surface area contributed by atoms with Gasteiger partial charge in [0.05, 0.1) is 0 Å². The van der Waals surface area contributed by atoms with Gasteiger partial charge in [-0.2, -0.15) is 0 Å². The summed E-state index contributed by atoms with van der Waals surface area (Å²) in [5.74, 6) is -0.269. The smallest absolute Gasteiger partial charge is 0.248 e. The molecule has 0 bridgehead atoms. The Morgan fingerprint density at radius 3 is 2.68 bits per heavy atom. The number of carbonyl (C=O) groups excluding carboxylic acids is 1. The number of aromatic amines is 1. The molecule has 0 saturated heterocycles. The van der Waals surface area contributed by atoms with Gasteiger partial charge in [0.25, 0.3) is 0 Å². The number of nitrogens with zero attached hydrogens (tertiary/aromatic N) is 2. The van der Waals surface area contributed by atoms with Gasteiger partial charge in [0.15, 0.2) is 5.41 Å². The van der Waals surface area contributed by atoms with E-state index >= 15 is 0 Å². The van der Waals surface area contributed by atoms with Gasteiger partial charge in [0.1, 0.15) is 0 Å². The van der Waals surface area contributed by atoms with E-state index in [1.54, 1.807) is 13.2 Å². The van der Waals surface area contributed by atoms with Crippen molar-refractivity contribution in [2.24, 2.45) is 0 Å². The van der Waals surface area contributed by atoms with Crippen LogP contribution in [0.5, 0.6) is 0 Å². The van der Waals surface area contributed by atoms with Crippen molar-refractivity contribution < 1.29 is 9.72 Å². The van der Waals surface area contributed by atoms with Crippen LogP contribution in [0.25, 0.3) is 10.9 Å². The van der Waals surface area contributed by atoms with Crippen LogP contribution in [-0.2, 0) is 10.2 Å². The van der Waals surface area contributed by atoms with Crippen molar-refractivity contribution in [2.45, 2.75) is 12.3 Å². The minimum absolute atomic E-state index is 0.269. The number of H-pyrrole nitrogens is 1. The maximum atomic E-state index is 13.3. The van der Waals surface area contributed by atoms with Crippen LogP contribution in [-0.4, -0.2) is 29.4 Å². The summed E-state index contributed by atoms with van der Waals surface area (Å²) in [5.41, 5.74) is 2.60. The lowest BCUT2D eigenvalue weighted by atomic mass is 9.74. The lowest BCUT2D eigenvalue weighted by Crippen LogP contribution is -2.44. The number of nitrogens with one attached hydrogen (secondary N) is 1. The predicted molar refractivity (Wildman–Crippen MR) is 95.5 cm³/mol. The van der Waals surface area contributed by atoms with E-state index in [2.05, 4.69) is 4.98 Å². The molecule has 0 spiro atoms. The predicted octanol–water partition coefficient (Wildman–Crippen LogP) is 3.02. The molecule has 0 radical (unpaired) electrons. The Balaban J connectivity index is 2.11. The first-order valence-corrected chi connectivity index (χ1v) is 8.03. The molecule has 1 aromatic heterocycles. The molecule has 2 aromatic carbocycles. The number of fused-ring (bicyclic) bond motifs is 2. The third-order valence-electron chi connectivity index (χ3n) is 5.14. The largest absolute Gasteiger partial charge is 0.361 e. The molecule has 4 rings (SSSR count). The normalized spacial score (nSPS) is 19.4. The lowest BCUT2D eigenvalue weighted by molar-refractivity contribution is -0.486. The number of anilines is 1. The Labute approximate surface area is 144 Å². The topological polar surface area (TPSA) is 79.2 Å². The van der Waals surface area contributed by atoms with Gasteiger partial charge in [-0.3, -0.25) is 14.9 Å². The van der Waals surface area contributed by atoms with Crippen LogP contribution >= 0.6 is 0 Å². The quantitative estimate of drug-likeness (QED) is 0.590. The third-order valence-corrected chi connectivity index (χ3v) is 5.14. The van der Waals surface area contributed by atoms with Gasteiger partial charge in [0.2, 0.25) is 12.5 Å². The summed E-state index contributed by atoms with van der Waals surface area (Å²) in [6, 6.07) is 13.1. The highest BCUT2D eigenvalue weighted by atomic mass is 16.6. The Morgan fingerprint density at radius 1 is 1.16 bits per heavy atom. The number of para-hydroxylation sites is 1. The molecule has 1 N–H and O–H groups in total. The van der Waals surface area contributed by atoms with E-state index in [1.165, 1.54) is 4.90 Å². The van der Waals surface area contributed by atoms with Crippen LogP contribution in [0.4, 0.5) is 5.69 Å². The Morgan fingerprint density at radius 2 is 1.92 bits per heavy atom. The Kier molecular flexibility index (Phi) is 3.18. The lowest BCUT2D eigenvalue weighted by Gasteiger charge is -2.24. The van der Waals surface area contributed by atoms with Crippen molar-refractivity contribution in [1.29, 1.82) is 0 Å². The molecule has 0 fully saturated rings. The molecular weight excluding hydrogens is 318 g/mol. The molecule has 126 valence electrons. The molecule has 6 nitrogen and oxygen atoms in total. The number of amides is 1. The fraction of sp³-hybridized carbons (Fsp3) is 0.211. The van der Waals surface area contributed by atoms with Crippen molar-refractivity contribution in [1.82, 2.24) is 4.98 Å². The maximum Gasteiger partial charge on any atom is 0.248 e. The highest BCUT2D eigenvalue weighted by Crippen LogP contribution is 2.48. The van der Waals surface area contributed by atoms with Crippen LogP contribution in [0.2, 0.25) is 0 Å². The zero-order chi connectivity index (χ0) is 17.8. The summed E-state index contributed by atoms with van der Waals surface area (Å²) in [6.07, 6.45) is 1.75. The first-order valence-electron chi connectivity index (χ1n) is 8.03. The summed E-state index contributed by atoms with van der Waals surface area (Å²) in [6.45, 7) is 1.48. The SMILES string of the molecule is Cc1cccc2[nH]cc([C@]3(C[N+](=O)[O-])C(=O)N(C)c4ccccc43)c12. The minimum atomic E-state index is -1.32. The van der Waals surface area contributed by atoms with E-state index in [4.69, 9.17) is 0 Å². The number of aromatic nitrogens is 1. The second-order valence-electron chi connectivity index (χ2n) is 6.48. The number of hydrogen-bond donors (Lipinski definition) is 1. The number of rotatable bonds is 3. The van der Waals surface area contributed by atoms with Crippen LogP contribution in [0.3, 0.4) is 0 Å². The highest BCUT2D eigenvalue weighted by Gasteiger charge is 2.56. The maximum absolute atomic E-state index is 13.3. The summed E-state index contributed by atoms with van der Waals surface area (Å²) in [7, 11) is 1.67. The number of aryl methyl sites for hydroxylation is 1.